The zero-order valence-corrected chi connectivity index (χ0v) is 34.8. The van der Waals surface area contributed by atoms with Gasteiger partial charge in [0, 0.05) is 48.1 Å². The summed E-state index contributed by atoms with van der Waals surface area (Å²) < 4.78 is 2.66. The molecule has 1 heterocycles. The fourth-order valence-corrected chi connectivity index (χ4v) is 11.4. The molecule has 1 nitrogen and oxygen atoms in total. The number of anilines is 3. The molecule has 0 saturated carbocycles. The van der Waals surface area contributed by atoms with E-state index in [2.05, 4.69) is 210 Å². The predicted octanol–water partition coefficient (Wildman–Crippen LogP) is 16.1. The largest absolute Gasteiger partial charge is 0.310 e. The van der Waals surface area contributed by atoms with E-state index < -0.39 is 0 Å². The highest BCUT2D eigenvalue weighted by molar-refractivity contribution is 7.25. The van der Waals surface area contributed by atoms with Crippen molar-refractivity contribution in [2.75, 3.05) is 4.90 Å². The Balaban J connectivity index is 1.03. The number of thiophene rings is 1. The van der Waals surface area contributed by atoms with Gasteiger partial charge in [0.25, 0.3) is 0 Å². The highest BCUT2D eigenvalue weighted by Gasteiger charge is 2.37. The topological polar surface area (TPSA) is 3.24 Å². The number of fused-ring (bicyclic) bond motifs is 9. The van der Waals surface area contributed by atoms with Crippen LogP contribution in [0.25, 0.3) is 64.7 Å². The molecule has 8 aromatic carbocycles. The molecule has 280 valence electrons. The Morgan fingerprint density at radius 1 is 0.397 bits per heavy atom. The van der Waals surface area contributed by atoms with E-state index in [9.17, 15) is 0 Å². The summed E-state index contributed by atoms with van der Waals surface area (Å²) in [6, 6.07) is 61.8. The van der Waals surface area contributed by atoms with Gasteiger partial charge in [-0.1, -0.05) is 142 Å². The Kier molecular flexibility index (Phi) is 7.62. The Morgan fingerprint density at radius 3 is 1.90 bits per heavy atom. The molecule has 2 aliphatic rings. The van der Waals surface area contributed by atoms with Crippen LogP contribution in [0, 0.1) is 13.8 Å². The summed E-state index contributed by atoms with van der Waals surface area (Å²) in [6.07, 6.45) is 0. The highest BCUT2D eigenvalue weighted by Crippen LogP contribution is 2.53. The average molecular weight is 764 g/mol. The molecule has 0 N–H and O–H groups in total. The smallest absolute Gasteiger partial charge is 0.0467 e. The van der Waals surface area contributed by atoms with E-state index >= 15 is 0 Å². The first kappa shape index (κ1) is 35.0. The second-order valence-corrected chi connectivity index (χ2v) is 18.6. The summed E-state index contributed by atoms with van der Waals surface area (Å²) in [5.74, 6) is 0. The maximum atomic E-state index is 2.44. The first-order valence-electron chi connectivity index (χ1n) is 20.5. The van der Waals surface area contributed by atoms with Gasteiger partial charge in [0.1, 0.15) is 0 Å². The predicted molar refractivity (Wildman–Crippen MR) is 249 cm³/mol. The number of benzene rings is 8. The van der Waals surface area contributed by atoms with Gasteiger partial charge in [0.15, 0.2) is 0 Å². The van der Waals surface area contributed by atoms with E-state index in [1.807, 2.05) is 11.3 Å². The SMILES string of the molecule is Cc1cc(C)c2c(c1)C(C)(C)c1ccc(-c3cccc(N(c4ccc(-c5ccc6c(c5)sc5ccccc56)cc4)c4ccc5c(c4)C(C)(C)c4ccccc4-5)c3)cc1-2. The van der Waals surface area contributed by atoms with Gasteiger partial charge in [0.05, 0.1) is 0 Å². The normalized spacial score (nSPS) is 14.3. The van der Waals surface area contributed by atoms with Crippen LogP contribution in [-0.4, -0.2) is 0 Å². The van der Waals surface area contributed by atoms with E-state index in [1.54, 1.807) is 0 Å². The molecule has 2 aliphatic carbocycles. The van der Waals surface area contributed by atoms with Gasteiger partial charge in [-0.05, 0) is 141 Å². The molecule has 0 atom stereocenters. The monoisotopic (exact) mass is 763 g/mol. The van der Waals surface area contributed by atoms with E-state index in [-0.39, 0.29) is 10.8 Å². The molecule has 11 rings (SSSR count). The number of hydrogen-bond donors (Lipinski definition) is 0. The van der Waals surface area contributed by atoms with Crippen molar-refractivity contribution in [1.29, 1.82) is 0 Å². The molecule has 0 bridgehead atoms. The van der Waals surface area contributed by atoms with Crippen molar-refractivity contribution in [2.45, 2.75) is 52.4 Å². The van der Waals surface area contributed by atoms with Crippen molar-refractivity contribution in [1.82, 2.24) is 0 Å². The lowest BCUT2D eigenvalue weighted by molar-refractivity contribution is 0.659. The van der Waals surface area contributed by atoms with Crippen LogP contribution in [0.4, 0.5) is 17.1 Å². The second-order valence-electron chi connectivity index (χ2n) is 17.5. The molecule has 0 aliphatic heterocycles. The van der Waals surface area contributed by atoms with Crippen LogP contribution in [-0.2, 0) is 10.8 Å². The molecule has 0 unspecified atom stereocenters. The highest BCUT2D eigenvalue weighted by atomic mass is 32.1. The minimum absolute atomic E-state index is 0.0323. The van der Waals surface area contributed by atoms with Crippen molar-refractivity contribution in [2.24, 2.45) is 0 Å². The first-order valence-corrected chi connectivity index (χ1v) is 21.3. The van der Waals surface area contributed by atoms with Crippen molar-refractivity contribution in [3.63, 3.8) is 0 Å². The van der Waals surface area contributed by atoms with Gasteiger partial charge in [0.2, 0.25) is 0 Å². The van der Waals surface area contributed by atoms with Crippen molar-refractivity contribution in [3.05, 3.63) is 197 Å². The van der Waals surface area contributed by atoms with Gasteiger partial charge >= 0.3 is 0 Å². The number of aryl methyl sites for hydroxylation is 2. The molecule has 0 saturated heterocycles. The number of nitrogens with zero attached hydrogens (tertiary/aromatic N) is 1. The summed E-state index contributed by atoms with van der Waals surface area (Å²) in [4.78, 5) is 2.44. The van der Waals surface area contributed by atoms with Gasteiger partial charge in [-0.3, -0.25) is 0 Å². The van der Waals surface area contributed by atoms with Crippen LogP contribution < -0.4 is 4.90 Å². The van der Waals surface area contributed by atoms with Crippen LogP contribution in [0.2, 0.25) is 0 Å². The zero-order valence-electron chi connectivity index (χ0n) is 33.9. The van der Waals surface area contributed by atoms with Crippen LogP contribution >= 0.6 is 11.3 Å². The van der Waals surface area contributed by atoms with Gasteiger partial charge in [-0.15, -0.1) is 11.3 Å². The third-order valence-electron chi connectivity index (χ3n) is 13.2. The molecule has 0 spiro atoms. The van der Waals surface area contributed by atoms with Crippen LogP contribution in [0.15, 0.2) is 164 Å². The molecule has 1 aromatic heterocycles. The van der Waals surface area contributed by atoms with Crippen LogP contribution in [0.1, 0.15) is 61.1 Å². The Morgan fingerprint density at radius 2 is 1.03 bits per heavy atom. The number of rotatable bonds is 5. The minimum Gasteiger partial charge on any atom is -0.310 e. The average Bonchev–Trinajstić information content (AvgIpc) is 3.80. The van der Waals surface area contributed by atoms with E-state index in [0.717, 1.165) is 17.1 Å². The van der Waals surface area contributed by atoms with E-state index in [0.29, 0.717) is 0 Å². The summed E-state index contributed by atoms with van der Waals surface area (Å²) in [5, 5.41) is 2.66. The first-order chi connectivity index (χ1) is 28.1. The van der Waals surface area contributed by atoms with Gasteiger partial charge in [-0.2, -0.15) is 0 Å². The lowest BCUT2D eigenvalue weighted by Crippen LogP contribution is -2.16. The second kappa shape index (κ2) is 12.6. The minimum atomic E-state index is -0.101. The summed E-state index contributed by atoms with van der Waals surface area (Å²) in [6.45, 7) is 14.0. The molecular weight excluding hydrogens is 719 g/mol. The molecule has 0 amide bonds. The Bertz CT molecular complexity index is 3140. The van der Waals surface area contributed by atoms with Gasteiger partial charge in [-0.25, -0.2) is 0 Å². The molecule has 58 heavy (non-hydrogen) atoms. The van der Waals surface area contributed by atoms with Gasteiger partial charge < -0.3 is 4.90 Å². The third-order valence-corrected chi connectivity index (χ3v) is 14.3. The molecule has 9 aromatic rings. The van der Waals surface area contributed by atoms with Crippen molar-refractivity contribution >= 4 is 48.6 Å². The Labute approximate surface area is 345 Å². The van der Waals surface area contributed by atoms with Crippen LogP contribution in [0.3, 0.4) is 0 Å². The zero-order chi connectivity index (χ0) is 39.5. The quantitative estimate of drug-likeness (QED) is 0.169. The van der Waals surface area contributed by atoms with Crippen molar-refractivity contribution in [3.8, 4) is 44.5 Å². The molecule has 0 radical (unpaired) electrons. The molecular formula is C56H45NS. The molecule has 2 heteroatoms. The van der Waals surface area contributed by atoms with Crippen molar-refractivity contribution < 1.29 is 0 Å². The third kappa shape index (κ3) is 5.21. The summed E-state index contributed by atoms with van der Waals surface area (Å²) in [5.41, 5.74) is 21.9. The van der Waals surface area contributed by atoms with E-state index in [4.69, 9.17) is 0 Å². The fraction of sp³-hybridized carbons (Fsp3) is 0.143. The maximum absolute atomic E-state index is 2.44. The Hall–Kier alpha value is -6.22. The summed E-state index contributed by atoms with van der Waals surface area (Å²) >= 11 is 1.87. The lowest BCUT2D eigenvalue weighted by Gasteiger charge is -2.28. The maximum Gasteiger partial charge on any atom is 0.0467 e. The standard InChI is InChI=1S/C56H45NS/c1-34-28-35(2)54-47-31-38(21-27-49(47)56(5,6)51(54)29-34)37-12-11-13-41(30-37)57(42-24-26-44-43-14-7-9-16-48(43)55(3,4)50(44)33-42)40-22-18-36(19-23-40)39-20-25-46-45-15-8-10-17-52(45)58-53(46)32-39/h7-33H,1-6H3. The number of hydrogen-bond acceptors (Lipinski definition) is 2. The fourth-order valence-electron chi connectivity index (χ4n) is 10.3. The van der Waals surface area contributed by atoms with Crippen LogP contribution in [0.5, 0.6) is 0 Å². The molecule has 0 fully saturated rings. The summed E-state index contributed by atoms with van der Waals surface area (Å²) in [7, 11) is 0. The van der Waals surface area contributed by atoms with E-state index in [1.165, 1.54) is 98.1 Å². The lowest BCUT2D eigenvalue weighted by atomic mass is 9.81.